The largest absolute Gasteiger partial charge is 0.375 e. The van der Waals surface area contributed by atoms with Gasteiger partial charge in [0.1, 0.15) is 0 Å². The van der Waals surface area contributed by atoms with Crippen molar-refractivity contribution in [3.05, 3.63) is 0 Å². The molecule has 0 aromatic carbocycles. The van der Waals surface area contributed by atoms with E-state index in [1.807, 2.05) is 0 Å². The Bertz CT molecular complexity index is 193. The van der Waals surface area contributed by atoms with Crippen LogP contribution >= 0.6 is 0 Å². The molecule has 82 valence electrons. The minimum absolute atomic E-state index is 0.170. The Labute approximate surface area is 87.4 Å². The number of ether oxygens (including phenoxy) is 1. The van der Waals surface area contributed by atoms with E-state index in [1.165, 1.54) is 38.8 Å². The Morgan fingerprint density at radius 2 is 2.21 bits per heavy atom. The third-order valence-electron chi connectivity index (χ3n) is 4.27. The molecule has 0 unspecified atom stereocenters. The van der Waals surface area contributed by atoms with E-state index in [0.717, 1.165) is 13.0 Å². The van der Waals surface area contributed by atoms with Crippen LogP contribution in [0, 0.1) is 5.41 Å². The maximum absolute atomic E-state index is 5.93. The monoisotopic (exact) mass is 198 g/mol. The summed E-state index contributed by atoms with van der Waals surface area (Å²) >= 11 is 0. The summed E-state index contributed by atoms with van der Waals surface area (Å²) < 4.78 is 5.93. The van der Waals surface area contributed by atoms with Crippen LogP contribution in [0.1, 0.15) is 46.0 Å². The zero-order valence-corrected chi connectivity index (χ0v) is 9.64. The summed E-state index contributed by atoms with van der Waals surface area (Å²) in [4.78, 5) is 0. The number of hydrogen-bond acceptors (Lipinski definition) is 1. The first-order valence-electron chi connectivity index (χ1n) is 6.14. The Morgan fingerprint density at radius 1 is 1.36 bits per heavy atom. The van der Waals surface area contributed by atoms with Crippen LogP contribution in [0.5, 0.6) is 0 Å². The van der Waals surface area contributed by atoms with Crippen molar-refractivity contribution in [2.24, 2.45) is 5.41 Å². The second-order valence-electron chi connectivity index (χ2n) is 5.46. The summed E-state index contributed by atoms with van der Waals surface area (Å²) in [5.41, 5.74) is 0.782. The Hall–Kier alpha value is -0.0800. The van der Waals surface area contributed by atoms with Gasteiger partial charge in [-0.3, -0.25) is 0 Å². The van der Waals surface area contributed by atoms with Crippen molar-refractivity contribution in [2.75, 3.05) is 19.7 Å². The highest BCUT2D eigenvalue weighted by molar-refractivity contribution is 4.92. The first-order chi connectivity index (χ1) is 6.68. The van der Waals surface area contributed by atoms with Crippen molar-refractivity contribution in [1.82, 2.24) is 0 Å². The van der Waals surface area contributed by atoms with Crippen molar-refractivity contribution in [3.8, 4) is 0 Å². The van der Waals surface area contributed by atoms with E-state index in [2.05, 4.69) is 19.2 Å². The number of nitrogens with two attached hydrogens (primary N) is 1. The molecule has 2 heteroatoms. The van der Waals surface area contributed by atoms with Gasteiger partial charge in [0.2, 0.25) is 0 Å². The first kappa shape index (κ1) is 10.4. The SMILES string of the molecule is CC[C@@]1(C)C[C@@]2(CCC[NH2+]C2)CCO1. The van der Waals surface area contributed by atoms with Crippen LogP contribution in [-0.2, 0) is 4.74 Å². The molecule has 2 aliphatic heterocycles. The van der Waals surface area contributed by atoms with E-state index >= 15 is 0 Å². The van der Waals surface area contributed by atoms with Gasteiger partial charge < -0.3 is 10.1 Å². The van der Waals surface area contributed by atoms with Crippen LogP contribution in [0.15, 0.2) is 0 Å². The summed E-state index contributed by atoms with van der Waals surface area (Å²) in [7, 11) is 0. The molecule has 2 nitrogen and oxygen atoms in total. The number of piperidine rings is 1. The maximum Gasteiger partial charge on any atom is 0.0814 e. The third-order valence-corrected chi connectivity index (χ3v) is 4.27. The maximum atomic E-state index is 5.93. The van der Waals surface area contributed by atoms with E-state index in [0.29, 0.717) is 5.41 Å². The van der Waals surface area contributed by atoms with Crippen LogP contribution in [0.25, 0.3) is 0 Å². The first-order valence-corrected chi connectivity index (χ1v) is 6.14. The van der Waals surface area contributed by atoms with Crippen molar-refractivity contribution < 1.29 is 10.1 Å². The molecular weight excluding hydrogens is 174 g/mol. The van der Waals surface area contributed by atoms with E-state index in [1.54, 1.807) is 0 Å². The molecule has 2 saturated heterocycles. The van der Waals surface area contributed by atoms with Crippen LogP contribution in [0.2, 0.25) is 0 Å². The quantitative estimate of drug-likeness (QED) is 0.675. The second kappa shape index (κ2) is 3.82. The molecule has 2 heterocycles. The molecule has 0 aromatic heterocycles. The molecule has 2 rings (SSSR count). The standard InChI is InChI=1S/C12H23NO/c1-3-11(2)9-12(6-8-14-11)5-4-7-13-10-12/h13H,3-10H2,1-2H3/p+1/t11-,12+/m0/s1. The predicted octanol–water partition coefficient (Wildman–Crippen LogP) is 1.31. The van der Waals surface area contributed by atoms with Crippen molar-refractivity contribution >= 4 is 0 Å². The fourth-order valence-corrected chi connectivity index (χ4v) is 3.19. The molecule has 0 saturated carbocycles. The summed E-state index contributed by atoms with van der Waals surface area (Å²) in [5, 5.41) is 2.50. The Morgan fingerprint density at radius 3 is 2.86 bits per heavy atom. The van der Waals surface area contributed by atoms with Crippen LogP contribution in [0.3, 0.4) is 0 Å². The summed E-state index contributed by atoms with van der Waals surface area (Å²) in [6.07, 6.45) is 6.57. The predicted molar refractivity (Wildman–Crippen MR) is 57.2 cm³/mol. The Balaban J connectivity index is 2.04. The second-order valence-corrected chi connectivity index (χ2v) is 5.46. The van der Waals surface area contributed by atoms with Gasteiger partial charge in [-0.25, -0.2) is 0 Å². The molecule has 0 bridgehead atoms. The van der Waals surface area contributed by atoms with Crippen molar-refractivity contribution in [2.45, 2.75) is 51.6 Å². The van der Waals surface area contributed by atoms with Gasteiger partial charge in [-0.2, -0.15) is 0 Å². The lowest BCUT2D eigenvalue weighted by Crippen LogP contribution is -2.89. The molecular formula is C12H24NO+. The van der Waals surface area contributed by atoms with Gasteiger partial charge in [0.25, 0.3) is 0 Å². The average Bonchev–Trinajstić information content (AvgIpc) is 2.19. The fourth-order valence-electron chi connectivity index (χ4n) is 3.19. The van der Waals surface area contributed by atoms with Gasteiger partial charge in [0.05, 0.1) is 18.7 Å². The van der Waals surface area contributed by atoms with E-state index in [4.69, 9.17) is 4.74 Å². The van der Waals surface area contributed by atoms with Gasteiger partial charge in [-0.15, -0.1) is 0 Å². The highest BCUT2D eigenvalue weighted by Crippen LogP contribution is 2.43. The Kier molecular flexibility index (Phi) is 2.85. The molecule has 2 atom stereocenters. The molecule has 1 spiro atoms. The van der Waals surface area contributed by atoms with E-state index in [-0.39, 0.29) is 5.60 Å². The highest BCUT2D eigenvalue weighted by Gasteiger charge is 2.44. The molecule has 2 fully saturated rings. The van der Waals surface area contributed by atoms with Crippen molar-refractivity contribution in [1.29, 1.82) is 0 Å². The lowest BCUT2D eigenvalue weighted by molar-refractivity contribution is -0.678. The molecule has 0 aromatic rings. The number of hydrogen-bond donors (Lipinski definition) is 1. The highest BCUT2D eigenvalue weighted by atomic mass is 16.5. The van der Waals surface area contributed by atoms with Crippen LogP contribution in [-0.4, -0.2) is 25.3 Å². The zero-order chi connectivity index (χ0) is 10.1. The summed E-state index contributed by atoms with van der Waals surface area (Å²) in [5.74, 6) is 0. The molecule has 14 heavy (non-hydrogen) atoms. The smallest absolute Gasteiger partial charge is 0.0814 e. The molecule has 0 radical (unpaired) electrons. The van der Waals surface area contributed by atoms with Crippen LogP contribution in [0.4, 0.5) is 0 Å². The van der Waals surface area contributed by atoms with Gasteiger partial charge in [-0.1, -0.05) is 6.92 Å². The molecule has 0 amide bonds. The van der Waals surface area contributed by atoms with E-state index < -0.39 is 0 Å². The minimum Gasteiger partial charge on any atom is -0.375 e. The van der Waals surface area contributed by atoms with Gasteiger partial charge in [0.15, 0.2) is 0 Å². The normalized spacial score (nSPS) is 44.1. The summed E-state index contributed by atoms with van der Waals surface area (Å²) in [6.45, 7) is 8.21. The zero-order valence-electron chi connectivity index (χ0n) is 9.64. The summed E-state index contributed by atoms with van der Waals surface area (Å²) in [6, 6.07) is 0. The third kappa shape index (κ3) is 1.96. The number of quaternary nitrogens is 1. The molecule has 0 aliphatic carbocycles. The fraction of sp³-hybridized carbons (Fsp3) is 1.00. The number of rotatable bonds is 1. The van der Waals surface area contributed by atoms with Gasteiger partial charge in [0, 0.05) is 12.0 Å². The lowest BCUT2D eigenvalue weighted by Gasteiger charge is -2.46. The topological polar surface area (TPSA) is 25.8 Å². The van der Waals surface area contributed by atoms with Gasteiger partial charge >= 0.3 is 0 Å². The molecule has 2 aliphatic rings. The van der Waals surface area contributed by atoms with Gasteiger partial charge in [-0.05, 0) is 39.0 Å². The van der Waals surface area contributed by atoms with Crippen LogP contribution < -0.4 is 5.32 Å². The minimum atomic E-state index is 0.170. The average molecular weight is 198 g/mol. The van der Waals surface area contributed by atoms with Crippen molar-refractivity contribution in [3.63, 3.8) is 0 Å². The van der Waals surface area contributed by atoms with E-state index in [9.17, 15) is 0 Å². The molecule has 2 N–H and O–H groups in total. The lowest BCUT2D eigenvalue weighted by atomic mass is 9.68.